The predicted molar refractivity (Wildman–Crippen MR) is 77.8 cm³/mol. The fourth-order valence-electron chi connectivity index (χ4n) is 2.37. The molecule has 106 valence electrons. The van der Waals surface area contributed by atoms with Gasteiger partial charge in [-0.3, -0.25) is 9.69 Å². The average Bonchev–Trinajstić information content (AvgIpc) is 2.47. The van der Waals surface area contributed by atoms with E-state index >= 15 is 0 Å². The second-order valence-corrected chi connectivity index (χ2v) is 5.22. The SMILES string of the molecule is C=C(CC(C)=O)C1=C=CN(C(=O)N2CCCCC2)C=C1. The van der Waals surface area contributed by atoms with Gasteiger partial charge in [0.1, 0.15) is 5.78 Å². The Bertz CT molecular complexity index is 519. The summed E-state index contributed by atoms with van der Waals surface area (Å²) in [5.41, 5.74) is 4.54. The van der Waals surface area contributed by atoms with Gasteiger partial charge in [-0.25, -0.2) is 4.79 Å². The highest BCUT2D eigenvalue weighted by atomic mass is 16.2. The summed E-state index contributed by atoms with van der Waals surface area (Å²) in [5.74, 6) is 0.0736. The highest BCUT2D eigenvalue weighted by Crippen LogP contribution is 2.18. The normalized spacial score (nSPS) is 17.9. The fraction of sp³-hybridized carbons (Fsp3) is 0.438. The van der Waals surface area contributed by atoms with Crippen LogP contribution in [0.25, 0.3) is 0 Å². The van der Waals surface area contributed by atoms with E-state index in [1.54, 1.807) is 18.5 Å². The molecule has 4 nitrogen and oxygen atoms in total. The maximum atomic E-state index is 12.3. The number of hydrogen-bond donors (Lipinski definition) is 0. The van der Waals surface area contributed by atoms with Crippen LogP contribution in [0.3, 0.4) is 0 Å². The summed E-state index contributed by atoms with van der Waals surface area (Å²) < 4.78 is 0. The molecule has 2 rings (SSSR count). The van der Waals surface area contributed by atoms with E-state index in [9.17, 15) is 9.59 Å². The van der Waals surface area contributed by atoms with Crippen LogP contribution in [0.1, 0.15) is 32.6 Å². The Labute approximate surface area is 119 Å². The molecule has 1 saturated heterocycles. The van der Waals surface area contributed by atoms with Crippen molar-refractivity contribution in [1.29, 1.82) is 0 Å². The third-order valence-electron chi connectivity index (χ3n) is 3.45. The summed E-state index contributed by atoms with van der Waals surface area (Å²) in [4.78, 5) is 26.7. The van der Waals surface area contributed by atoms with Gasteiger partial charge in [0.15, 0.2) is 0 Å². The summed E-state index contributed by atoms with van der Waals surface area (Å²) in [6.45, 7) is 7.06. The van der Waals surface area contributed by atoms with Gasteiger partial charge >= 0.3 is 6.03 Å². The van der Waals surface area contributed by atoms with E-state index in [4.69, 9.17) is 0 Å². The topological polar surface area (TPSA) is 40.6 Å². The van der Waals surface area contributed by atoms with Crippen LogP contribution < -0.4 is 0 Å². The highest BCUT2D eigenvalue weighted by molar-refractivity contribution is 5.80. The number of likely N-dealkylation sites (tertiary alicyclic amines) is 1. The number of nitrogens with zero attached hydrogens (tertiary/aromatic N) is 2. The minimum absolute atomic E-state index is 0.00956. The molecule has 0 N–H and O–H groups in total. The zero-order chi connectivity index (χ0) is 14.5. The van der Waals surface area contributed by atoms with Gasteiger partial charge in [0.25, 0.3) is 0 Å². The molecule has 1 fully saturated rings. The van der Waals surface area contributed by atoms with Crippen molar-refractivity contribution in [3.05, 3.63) is 41.9 Å². The zero-order valence-corrected chi connectivity index (χ0v) is 11.9. The number of urea groups is 1. The van der Waals surface area contributed by atoms with Crippen LogP contribution >= 0.6 is 0 Å². The molecule has 0 bridgehead atoms. The van der Waals surface area contributed by atoms with E-state index in [0.717, 1.165) is 37.1 Å². The molecule has 0 aromatic carbocycles. The molecule has 4 heteroatoms. The van der Waals surface area contributed by atoms with Crippen molar-refractivity contribution < 1.29 is 9.59 Å². The molecular formula is C16H20N2O2. The summed E-state index contributed by atoms with van der Waals surface area (Å²) in [6.07, 6.45) is 8.79. The van der Waals surface area contributed by atoms with Crippen LogP contribution in [0.4, 0.5) is 4.79 Å². The fourth-order valence-corrected chi connectivity index (χ4v) is 2.37. The molecular weight excluding hydrogens is 252 g/mol. The molecule has 2 heterocycles. The van der Waals surface area contributed by atoms with Gasteiger partial charge in [-0.05, 0) is 37.8 Å². The zero-order valence-electron chi connectivity index (χ0n) is 11.9. The minimum atomic E-state index is -0.00956. The van der Waals surface area contributed by atoms with Crippen molar-refractivity contribution in [3.63, 3.8) is 0 Å². The van der Waals surface area contributed by atoms with Crippen molar-refractivity contribution in [2.45, 2.75) is 32.6 Å². The third kappa shape index (κ3) is 3.49. The highest BCUT2D eigenvalue weighted by Gasteiger charge is 2.20. The molecule has 0 aromatic heterocycles. The Hall–Kier alpha value is -2.06. The molecule has 20 heavy (non-hydrogen) atoms. The molecule has 0 saturated carbocycles. The van der Waals surface area contributed by atoms with E-state index in [0.29, 0.717) is 6.42 Å². The number of allylic oxidation sites excluding steroid dienone is 3. The van der Waals surface area contributed by atoms with Gasteiger partial charge in [-0.15, -0.1) is 0 Å². The Kier molecular flexibility index (Phi) is 4.59. The molecule has 0 unspecified atom stereocenters. The summed E-state index contributed by atoms with van der Waals surface area (Å²) >= 11 is 0. The first-order valence-corrected chi connectivity index (χ1v) is 6.98. The standard InChI is InChI=1S/C16H20N2O2/c1-13(12-14(2)19)15-6-10-18(11-7-15)16(20)17-8-4-3-5-9-17/h6,10-11H,1,3-5,8-9,12H2,2H3. The average molecular weight is 272 g/mol. The third-order valence-corrected chi connectivity index (χ3v) is 3.45. The van der Waals surface area contributed by atoms with Crippen LogP contribution in [0.15, 0.2) is 41.9 Å². The first kappa shape index (κ1) is 14.4. The smallest absolute Gasteiger partial charge is 0.324 e. The van der Waals surface area contributed by atoms with E-state index in [2.05, 4.69) is 12.3 Å². The number of carbonyl (C=O) groups excluding carboxylic acids is 2. The molecule has 0 aliphatic carbocycles. The van der Waals surface area contributed by atoms with Gasteiger partial charge < -0.3 is 4.90 Å². The molecule has 2 amide bonds. The Balaban J connectivity index is 2.02. The van der Waals surface area contributed by atoms with Crippen molar-refractivity contribution in [2.75, 3.05) is 13.1 Å². The number of Topliss-reactive ketones (excluding diaryl/α,β-unsaturated/α-hetero) is 1. The van der Waals surface area contributed by atoms with Crippen LogP contribution in [0.2, 0.25) is 0 Å². The van der Waals surface area contributed by atoms with E-state index in [1.807, 2.05) is 4.90 Å². The van der Waals surface area contributed by atoms with E-state index in [1.165, 1.54) is 18.2 Å². The molecule has 2 aliphatic rings. The Morgan fingerprint density at radius 3 is 2.55 bits per heavy atom. The quantitative estimate of drug-likeness (QED) is 0.741. The summed E-state index contributed by atoms with van der Waals surface area (Å²) in [5, 5.41) is 0. The van der Waals surface area contributed by atoms with Gasteiger partial charge in [-0.1, -0.05) is 12.3 Å². The second-order valence-electron chi connectivity index (χ2n) is 5.22. The second kappa shape index (κ2) is 6.40. The molecule has 0 atom stereocenters. The lowest BCUT2D eigenvalue weighted by Crippen LogP contribution is -2.41. The predicted octanol–water partition coefficient (Wildman–Crippen LogP) is 3.00. The largest absolute Gasteiger partial charge is 0.328 e. The van der Waals surface area contributed by atoms with Crippen LogP contribution in [0.5, 0.6) is 0 Å². The number of rotatable bonds is 3. The Morgan fingerprint density at radius 2 is 2.00 bits per heavy atom. The van der Waals surface area contributed by atoms with Gasteiger partial charge in [0.2, 0.25) is 0 Å². The lowest BCUT2D eigenvalue weighted by Gasteiger charge is -2.30. The maximum Gasteiger partial charge on any atom is 0.328 e. The van der Waals surface area contributed by atoms with Crippen LogP contribution in [-0.2, 0) is 4.79 Å². The van der Waals surface area contributed by atoms with Crippen LogP contribution in [-0.4, -0.2) is 34.7 Å². The number of hydrogen-bond acceptors (Lipinski definition) is 2. The molecule has 2 aliphatic heterocycles. The van der Waals surface area contributed by atoms with Crippen molar-refractivity contribution >= 4 is 11.8 Å². The molecule has 0 spiro atoms. The lowest BCUT2D eigenvalue weighted by molar-refractivity contribution is -0.116. The van der Waals surface area contributed by atoms with Crippen molar-refractivity contribution in [1.82, 2.24) is 9.80 Å². The first-order chi connectivity index (χ1) is 9.58. The number of ketones is 1. The van der Waals surface area contributed by atoms with Gasteiger partial charge in [0.05, 0.1) is 6.20 Å². The Morgan fingerprint density at radius 1 is 1.30 bits per heavy atom. The number of piperidine rings is 1. The van der Waals surface area contributed by atoms with E-state index in [-0.39, 0.29) is 11.8 Å². The first-order valence-electron chi connectivity index (χ1n) is 6.98. The van der Waals surface area contributed by atoms with Crippen LogP contribution in [0, 0.1) is 0 Å². The summed E-state index contributed by atoms with van der Waals surface area (Å²) in [7, 11) is 0. The molecule has 0 aromatic rings. The summed E-state index contributed by atoms with van der Waals surface area (Å²) in [6, 6.07) is -0.00956. The van der Waals surface area contributed by atoms with Gasteiger partial charge in [-0.2, -0.15) is 0 Å². The maximum absolute atomic E-state index is 12.3. The van der Waals surface area contributed by atoms with Crippen molar-refractivity contribution in [2.24, 2.45) is 0 Å². The lowest BCUT2D eigenvalue weighted by atomic mass is 10.0. The van der Waals surface area contributed by atoms with Gasteiger partial charge in [0, 0.05) is 31.3 Å². The number of amides is 2. The van der Waals surface area contributed by atoms with E-state index < -0.39 is 0 Å². The van der Waals surface area contributed by atoms with Crippen molar-refractivity contribution in [3.8, 4) is 0 Å². The minimum Gasteiger partial charge on any atom is -0.324 e. The number of carbonyl (C=O) groups is 2. The monoisotopic (exact) mass is 272 g/mol. The molecule has 0 radical (unpaired) electrons.